The van der Waals surface area contributed by atoms with Gasteiger partial charge in [0.2, 0.25) is 0 Å². The summed E-state index contributed by atoms with van der Waals surface area (Å²) < 4.78 is 44.8. The lowest BCUT2D eigenvalue weighted by Gasteiger charge is -2.13. The van der Waals surface area contributed by atoms with Crippen LogP contribution >= 0.6 is 0 Å². The number of H-pyrrole nitrogens is 1. The average Bonchev–Trinajstić information content (AvgIpc) is 2.22. The molecule has 1 aromatic rings. The van der Waals surface area contributed by atoms with Gasteiger partial charge in [0.05, 0.1) is 6.61 Å². The molecule has 100 valence electrons. The Labute approximate surface area is 99.5 Å². The molecule has 0 aliphatic carbocycles. The minimum Gasteiger partial charge on any atom is -0.462 e. The zero-order valence-electron chi connectivity index (χ0n) is 9.55. The number of halogens is 3. The minimum absolute atomic E-state index is 0.0324. The van der Waals surface area contributed by atoms with Crippen molar-refractivity contribution in [1.29, 1.82) is 0 Å². The maximum absolute atomic E-state index is 12.2. The number of rotatable bonds is 3. The van der Waals surface area contributed by atoms with Crippen LogP contribution in [0.5, 0.6) is 5.75 Å². The molecule has 0 radical (unpaired) electrons. The normalized spacial score (nSPS) is 11.2. The first kappa shape index (κ1) is 14.1. The van der Waals surface area contributed by atoms with Gasteiger partial charge in [0.25, 0.3) is 5.56 Å². The third kappa shape index (κ3) is 3.25. The van der Waals surface area contributed by atoms with Crippen LogP contribution in [0.3, 0.4) is 0 Å². The number of esters is 1. The Morgan fingerprint density at radius 3 is 2.56 bits per heavy atom. The largest absolute Gasteiger partial charge is 0.573 e. The number of aryl methyl sites for hydroxylation is 1. The second-order valence-corrected chi connectivity index (χ2v) is 3.27. The molecule has 8 heteroatoms. The van der Waals surface area contributed by atoms with Crippen molar-refractivity contribution in [1.82, 2.24) is 4.98 Å². The summed E-state index contributed by atoms with van der Waals surface area (Å²) in [4.78, 5) is 25.0. The number of aromatic nitrogens is 1. The maximum atomic E-state index is 12.2. The lowest BCUT2D eigenvalue weighted by atomic mass is 10.2. The highest BCUT2D eigenvalue weighted by atomic mass is 19.4. The highest BCUT2D eigenvalue weighted by Gasteiger charge is 2.35. The highest BCUT2D eigenvalue weighted by molar-refractivity contribution is 5.92. The van der Waals surface area contributed by atoms with Crippen molar-refractivity contribution in [2.75, 3.05) is 6.61 Å². The van der Waals surface area contributed by atoms with Crippen molar-refractivity contribution in [2.45, 2.75) is 20.2 Å². The number of nitrogens with one attached hydrogen (secondary N) is 1. The van der Waals surface area contributed by atoms with Gasteiger partial charge in [-0.2, -0.15) is 0 Å². The van der Waals surface area contributed by atoms with Gasteiger partial charge in [-0.3, -0.25) is 4.79 Å². The Morgan fingerprint density at radius 1 is 1.44 bits per heavy atom. The van der Waals surface area contributed by atoms with Gasteiger partial charge in [-0.15, -0.1) is 13.2 Å². The quantitative estimate of drug-likeness (QED) is 0.845. The van der Waals surface area contributed by atoms with Crippen molar-refractivity contribution in [2.24, 2.45) is 0 Å². The number of alkyl halides is 3. The third-order valence-corrected chi connectivity index (χ3v) is 1.93. The molecule has 1 heterocycles. The minimum atomic E-state index is -5.00. The van der Waals surface area contributed by atoms with Crippen LogP contribution in [0.15, 0.2) is 11.0 Å². The van der Waals surface area contributed by atoms with E-state index in [0.717, 1.165) is 6.20 Å². The molecular formula is C10H10F3NO4. The molecule has 0 unspecified atom stereocenters. The van der Waals surface area contributed by atoms with E-state index in [9.17, 15) is 22.8 Å². The van der Waals surface area contributed by atoms with Gasteiger partial charge in [0, 0.05) is 11.8 Å². The highest BCUT2D eigenvalue weighted by Crippen LogP contribution is 2.27. The van der Waals surface area contributed by atoms with Crippen LogP contribution in [0.2, 0.25) is 0 Å². The zero-order chi connectivity index (χ0) is 13.9. The van der Waals surface area contributed by atoms with E-state index in [1.165, 1.54) is 13.8 Å². The molecule has 0 fully saturated rings. The summed E-state index contributed by atoms with van der Waals surface area (Å²) in [5.41, 5.74) is -1.83. The molecule has 0 saturated heterocycles. The van der Waals surface area contributed by atoms with Gasteiger partial charge < -0.3 is 14.5 Å². The molecule has 0 atom stereocenters. The summed E-state index contributed by atoms with van der Waals surface area (Å²) in [6, 6.07) is 0. The van der Waals surface area contributed by atoms with E-state index in [0.29, 0.717) is 0 Å². The summed E-state index contributed by atoms with van der Waals surface area (Å²) in [7, 11) is 0. The van der Waals surface area contributed by atoms with E-state index in [1.54, 1.807) is 0 Å². The number of hydrogen-bond acceptors (Lipinski definition) is 4. The Kier molecular flexibility index (Phi) is 4.00. The van der Waals surface area contributed by atoms with Crippen molar-refractivity contribution >= 4 is 5.97 Å². The van der Waals surface area contributed by atoms with Gasteiger partial charge in [-0.05, 0) is 13.8 Å². The van der Waals surface area contributed by atoms with Crippen molar-refractivity contribution in [3.05, 3.63) is 27.7 Å². The first-order chi connectivity index (χ1) is 8.26. The molecule has 1 aromatic heterocycles. The van der Waals surface area contributed by atoms with E-state index in [1.807, 2.05) is 0 Å². The lowest BCUT2D eigenvalue weighted by Crippen LogP contribution is -2.26. The van der Waals surface area contributed by atoms with E-state index in [-0.39, 0.29) is 12.2 Å². The molecule has 0 bridgehead atoms. The summed E-state index contributed by atoms with van der Waals surface area (Å²) in [5.74, 6) is -2.01. The first-order valence-corrected chi connectivity index (χ1v) is 4.91. The van der Waals surface area contributed by atoms with Gasteiger partial charge in [-0.25, -0.2) is 4.79 Å². The summed E-state index contributed by atoms with van der Waals surface area (Å²) in [6.45, 7) is 2.66. The lowest BCUT2D eigenvalue weighted by molar-refractivity contribution is -0.275. The predicted octanol–water partition coefficient (Wildman–Crippen LogP) is 1.76. The van der Waals surface area contributed by atoms with Gasteiger partial charge >= 0.3 is 12.3 Å². The van der Waals surface area contributed by atoms with Crippen molar-refractivity contribution in [3.63, 3.8) is 0 Å². The second-order valence-electron chi connectivity index (χ2n) is 3.27. The van der Waals surface area contributed by atoms with Gasteiger partial charge in [-0.1, -0.05) is 0 Å². The second kappa shape index (κ2) is 5.11. The fourth-order valence-electron chi connectivity index (χ4n) is 1.25. The zero-order valence-corrected chi connectivity index (χ0v) is 9.55. The van der Waals surface area contributed by atoms with Crippen LogP contribution < -0.4 is 10.3 Å². The molecule has 0 aliphatic rings. The number of aromatic amines is 1. The van der Waals surface area contributed by atoms with Crippen LogP contribution in [-0.4, -0.2) is 23.9 Å². The average molecular weight is 265 g/mol. The summed E-state index contributed by atoms with van der Waals surface area (Å²) in [5, 5.41) is 0. The standard InChI is InChI=1S/C10H10F3NO4/c1-3-17-9(16)6-7(18-10(11,12)13)5(2)4-14-8(6)15/h4H,3H2,1-2H3,(H,14,15). The Balaban J connectivity index is 3.34. The number of carbonyl (C=O) groups excluding carboxylic acids is 1. The molecule has 5 nitrogen and oxygen atoms in total. The van der Waals surface area contributed by atoms with E-state index >= 15 is 0 Å². The Morgan fingerprint density at radius 2 is 2.06 bits per heavy atom. The first-order valence-electron chi connectivity index (χ1n) is 4.91. The topological polar surface area (TPSA) is 68.4 Å². The van der Waals surface area contributed by atoms with Crippen molar-refractivity contribution < 1.29 is 27.4 Å². The number of pyridine rings is 1. The Hall–Kier alpha value is -1.99. The molecule has 0 aromatic carbocycles. The van der Waals surface area contributed by atoms with Crippen molar-refractivity contribution in [3.8, 4) is 5.75 Å². The van der Waals surface area contributed by atoms with E-state index < -0.39 is 29.2 Å². The predicted molar refractivity (Wildman–Crippen MR) is 54.4 cm³/mol. The maximum Gasteiger partial charge on any atom is 0.573 e. The molecular weight excluding hydrogens is 255 g/mol. The van der Waals surface area contributed by atoms with Crippen LogP contribution in [0, 0.1) is 6.92 Å². The molecule has 0 amide bonds. The molecule has 0 aliphatic heterocycles. The van der Waals surface area contributed by atoms with Gasteiger partial charge in [0.1, 0.15) is 0 Å². The number of ether oxygens (including phenoxy) is 2. The van der Waals surface area contributed by atoms with Crippen LogP contribution in [0.25, 0.3) is 0 Å². The van der Waals surface area contributed by atoms with Crippen LogP contribution in [0.1, 0.15) is 22.8 Å². The molecule has 0 spiro atoms. The molecule has 1 N–H and O–H groups in total. The summed E-state index contributed by atoms with van der Waals surface area (Å²) >= 11 is 0. The van der Waals surface area contributed by atoms with Gasteiger partial charge in [0.15, 0.2) is 11.3 Å². The monoisotopic (exact) mass is 265 g/mol. The molecule has 0 saturated carbocycles. The smallest absolute Gasteiger partial charge is 0.462 e. The van der Waals surface area contributed by atoms with E-state index in [2.05, 4.69) is 14.5 Å². The summed E-state index contributed by atoms with van der Waals surface area (Å²) in [6.07, 6.45) is -3.98. The fourth-order valence-corrected chi connectivity index (χ4v) is 1.25. The Bertz CT molecular complexity index is 507. The third-order valence-electron chi connectivity index (χ3n) is 1.93. The number of carbonyl (C=O) groups is 1. The van der Waals surface area contributed by atoms with Crippen LogP contribution in [0.4, 0.5) is 13.2 Å². The number of hydrogen-bond donors (Lipinski definition) is 1. The molecule has 18 heavy (non-hydrogen) atoms. The van der Waals surface area contributed by atoms with Crippen LogP contribution in [-0.2, 0) is 4.74 Å². The SMILES string of the molecule is CCOC(=O)c1c(OC(F)(F)F)c(C)c[nH]c1=O. The molecule has 1 rings (SSSR count). The van der Waals surface area contributed by atoms with E-state index in [4.69, 9.17) is 0 Å². The fraction of sp³-hybridized carbons (Fsp3) is 0.400.